The van der Waals surface area contributed by atoms with E-state index in [2.05, 4.69) is 20.8 Å². The van der Waals surface area contributed by atoms with Crippen LogP contribution in [0.15, 0.2) is 36.5 Å². The van der Waals surface area contributed by atoms with Crippen LogP contribution >= 0.6 is 0 Å². The van der Waals surface area contributed by atoms with Gasteiger partial charge in [0.15, 0.2) is 0 Å². The van der Waals surface area contributed by atoms with Crippen LogP contribution in [0.2, 0.25) is 0 Å². The van der Waals surface area contributed by atoms with E-state index in [0.717, 1.165) is 5.56 Å². The van der Waals surface area contributed by atoms with E-state index in [1.807, 2.05) is 0 Å². The quantitative estimate of drug-likeness (QED) is 0.510. The fourth-order valence-corrected chi connectivity index (χ4v) is 2.10. The Hall–Kier alpha value is -3.47. The average Bonchev–Trinajstić information content (AvgIpc) is 2.89. The monoisotopic (exact) mass is 296 g/mol. The molecule has 0 atom stereocenters. The normalized spacial score (nSPS) is 12.0. The van der Waals surface area contributed by atoms with Crippen LogP contribution in [0.1, 0.15) is 26.3 Å². The van der Waals surface area contributed by atoms with Gasteiger partial charge >= 0.3 is 11.1 Å². The van der Waals surface area contributed by atoms with Crippen LogP contribution in [-0.4, -0.2) is 16.9 Å². The third kappa shape index (κ3) is 2.55. The number of nitrogens with zero attached hydrogens (tertiary/aromatic N) is 3. The Kier molecular flexibility index (Phi) is 3.37. The number of fused-ring (bicyclic) bond motifs is 1. The number of cyclic esters (lactones) is 1. The minimum Gasteiger partial charge on any atom is -0.457 e. The maximum atomic E-state index is 12.2. The predicted octanol–water partition coefficient (Wildman–Crippen LogP) is 2.18. The average molecular weight is 296 g/mol. The predicted molar refractivity (Wildman–Crippen MR) is 76.5 cm³/mol. The van der Waals surface area contributed by atoms with Gasteiger partial charge in [-0.3, -0.25) is 4.79 Å². The number of rotatable bonds is 3. The van der Waals surface area contributed by atoms with Crippen molar-refractivity contribution in [3.63, 3.8) is 0 Å². The zero-order chi connectivity index (χ0) is 15.5. The van der Waals surface area contributed by atoms with Gasteiger partial charge in [-0.25, -0.2) is 9.78 Å². The van der Waals surface area contributed by atoms with E-state index >= 15 is 0 Å². The summed E-state index contributed by atoms with van der Waals surface area (Å²) in [6, 6.07) is 7.91. The van der Waals surface area contributed by atoms with E-state index in [-0.39, 0.29) is 24.3 Å². The third-order valence-corrected chi connectivity index (χ3v) is 3.13. The zero-order valence-corrected chi connectivity index (χ0v) is 11.2. The largest absolute Gasteiger partial charge is 0.457 e. The number of aromatic nitrogens is 1. The molecular formula is C14H10N5O3+. The van der Waals surface area contributed by atoms with E-state index in [0.29, 0.717) is 16.8 Å². The molecule has 2 heterocycles. The molecule has 8 nitrogen and oxygen atoms in total. The number of diazo groups is 1. The molecule has 1 aliphatic heterocycles. The standard InChI is InChI=1S/C14H9N5O3/c15-19-18-12-6-8(3-4-16-12)13(20)17-10-1-2-11-9(5-10)7-22-14(11)21/h1-6H,7H2,(H-,16,17,18,20,21)/p+1. The summed E-state index contributed by atoms with van der Waals surface area (Å²) in [5, 5.41) is 13.9. The van der Waals surface area contributed by atoms with Crippen LogP contribution in [0.25, 0.3) is 5.08 Å². The van der Waals surface area contributed by atoms with Gasteiger partial charge in [-0.2, -0.15) is 0 Å². The Bertz CT molecular complexity index is 812. The van der Waals surface area contributed by atoms with E-state index in [1.54, 1.807) is 18.2 Å². The molecule has 0 spiro atoms. The molecule has 1 aliphatic rings. The van der Waals surface area contributed by atoms with Crippen molar-refractivity contribution in [1.29, 1.82) is 5.39 Å². The van der Waals surface area contributed by atoms with Gasteiger partial charge in [0, 0.05) is 34.5 Å². The minimum absolute atomic E-state index is 0.208. The van der Waals surface area contributed by atoms with Crippen LogP contribution in [0.3, 0.4) is 0 Å². The number of pyridine rings is 1. The number of ether oxygens (including phenoxy) is 1. The van der Waals surface area contributed by atoms with E-state index in [4.69, 9.17) is 10.1 Å². The highest BCUT2D eigenvalue weighted by molar-refractivity contribution is 6.05. The Morgan fingerprint density at radius 3 is 3.00 bits per heavy atom. The van der Waals surface area contributed by atoms with Crippen LogP contribution in [0.5, 0.6) is 0 Å². The van der Waals surface area contributed by atoms with Gasteiger partial charge in [-0.05, 0) is 24.3 Å². The van der Waals surface area contributed by atoms with Crippen molar-refractivity contribution in [1.82, 2.24) is 4.98 Å². The van der Waals surface area contributed by atoms with Gasteiger partial charge < -0.3 is 10.1 Å². The van der Waals surface area contributed by atoms with Gasteiger partial charge in [0.1, 0.15) is 6.61 Å². The first kappa shape index (κ1) is 13.5. The Balaban J connectivity index is 1.79. The third-order valence-electron chi connectivity index (χ3n) is 3.13. The van der Waals surface area contributed by atoms with Crippen molar-refractivity contribution in [3.05, 3.63) is 58.3 Å². The molecule has 1 aromatic carbocycles. The first-order valence-corrected chi connectivity index (χ1v) is 6.35. The molecule has 8 heteroatoms. The minimum atomic E-state index is -0.356. The first-order valence-electron chi connectivity index (χ1n) is 6.35. The second-order valence-corrected chi connectivity index (χ2v) is 4.54. The number of amides is 1. The summed E-state index contributed by atoms with van der Waals surface area (Å²) in [5.41, 5.74) is 4.39. The van der Waals surface area contributed by atoms with Crippen LogP contribution in [0.4, 0.5) is 11.5 Å². The van der Waals surface area contributed by atoms with Crippen molar-refractivity contribution >= 4 is 23.4 Å². The maximum Gasteiger partial charge on any atom is 0.338 e. The summed E-state index contributed by atoms with van der Waals surface area (Å²) >= 11 is 0. The molecule has 0 saturated carbocycles. The summed E-state index contributed by atoms with van der Waals surface area (Å²) < 4.78 is 4.91. The molecule has 0 radical (unpaired) electrons. The second kappa shape index (κ2) is 5.49. The van der Waals surface area contributed by atoms with E-state index in [1.165, 1.54) is 18.3 Å². The fraction of sp³-hybridized carbons (Fsp3) is 0.0714. The van der Waals surface area contributed by atoms with E-state index < -0.39 is 0 Å². The highest BCUT2D eigenvalue weighted by Crippen LogP contribution is 2.23. The van der Waals surface area contributed by atoms with Crippen LogP contribution in [0, 0.1) is 5.39 Å². The highest BCUT2D eigenvalue weighted by Gasteiger charge is 2.21. The summed E-state index contributed by atoms with van der Waals surface area (Å²) in [5.74, 6) is -0.470. The van der Waals surface area contributed by atoms with Gasteiger partial charge in [0.25, 0.3) is 11.3 Å². The molecule has 0 fully saturated rings. The van der Waals surface area contributed by atoms with Crippen molar-refractivity contribution in [2.24, 2.45) is 0 Å². The number of nitrogens with one attached hydrogen (secondary N) is 2. The van der Waals surface area contributed by atoms with Crippen molar-refractivity contribution < 1.29 is 14.3 Å². The van der Waals surface area contributed by atoms with Crippen molar-refractivity contribution in [2.45, 2.75) is 6.61 Å². The Labute approximate surface area is 124 Å². The Morgan fingerprint density at radius 2 is 2.18 bits per heavy atom. The topological polar surface area (TPSA) is 108 Å². The molecule has 0 bridgehead atoms. The number of anilines is 2. The second-order valence-electron chi connectivity index (χ2n) is 4.54. The summed E-state index contributed by atoms with van der Waals surface area (Å²) in [6.07, 6.45) is 1.41. The summed E-state index contributed by atoms with van der Waals surface area (Å²) in [6.45, 7) is 0.208. The van der Waals surface area contributed by atoms with Gasteiger partial charge in [-0.15, -0.1) is 0 Å². The lowest BCUT2D eigenvalue weighted by molar-refractivity contribution is 0.0535. The van der Waals surface area contributed by atoms with Gasteiger partial charge in [-0.1, -0.05) is 0 Å². The lowest BCUT2D eigenvalue weighted by atomic mass is 10.1. The van der Waals surface area contributed by atoms with Crippen LogP contribution in [-0.2, 0) is 11.3 Å². The molecule has 2 aromatic rings. The number of benzene rings is 1. The number of hydrogen-bond donors (Lipinski definition) is 2. The highest BCUT2D eigenvalue weighted by atomic mass is 16.5. The number of esters is 1. The number of carbonyl (C=O) groups is 2. The lowest BCUT2D eigenvalue weighted by Crippen LogP contribution is -2.12. The molecule has 1 amide bonds. The molecule has 0 unspecified atom stereocenters. The molecular weight excluding hydrogens is 286 g/mol. The molecule has 22 heavy (non-hydrogen) atoms. The lowest BCUT2D eigenvalue weighted by Gasteiger charge is -2.06. The van der Waals surface area contributed by atoms with Gasteiger partial charge in [0.05, 0.1) is 5.56 Å². The summed E-state index contributed by atoms with van der Waals surface area (Å²) in [4.78, 5) is 27.4. The fourth-order valence-electron chi connectivity index (χ4n) is 2.10. The first-order chi connectivity index (χ1) is 10.7. The SMILES string of the molecule is N#[N+]Nc1cc(C(=O)Nc2ccc3c(c2)COC3=O)ccn1. The number of carbonyl (C=O) groups excluding carboxylic acids is 2. The van der Waals surface area contributed by atoms with Crippen molar-refractivity contribution in [3.8, 4) is 0 Å². The summed E-state index contributed by atoms with van der Waals surface area (Å²) in [7, 11) is 0. The van der Waals surface area contributed by atoms with Crippen LogP contribution < -0.4 is 10.7 Å². The molecule has 108 valence electrons. The van der Waals surface area contributed by atoms with Gasteiger partial charge in [0.2, 0.25) is 5.82 Å². The zero-order valence-electron chi connectivity index (χ0n) is 11.2. The number of hydrogen-bond acceptors (Lipinski definition) is 6. The Morgan fingerprint density at radius 1 is 1.32 bits per heavy atom. The molecule has 0 aliphatic carbocycles. The van der Waals surface area contributed by atoms with E-state index in [9.17, 15) is 9.59 Å². The smallest absolute Gasteiger partial charge is 0.338 e. The molecule has 2 N–H and O–H groups in total. The maximum absolute atomic E-state index is 12.2. The molecule has 3 rings (SSSR count). The van der Waals surface area contributed by atoms with Crippen molar-refractivity contribution in [2.75, 3.05) is 10.7 Å². The molecule has 1 aromatic heterocycles. The molecule has 0 saturated heterocycles.